The summed E-state index contributed by atoms with van der Waals surface area (Å²) in [5.74, 6) is -0.225. The summed E-state index contributed by atoms with van der Waals surface area (Å²) in [6, 6.07) is 5.38. The predicted molar refractivity (Wildman–Crippen MR) is 87.8 cm³/mol. The average molecular weight is 343 g/mol. The van der Waals surface area contributed by atoms with E-state index in [0.29, 0.717) is 12.6 Å². The first-order valence-electron chi connectivity index (χ1n) is 8.28. The van der Waals surface area contributed by atoms with E-state index < -0.39 is 11.7 Å². The number of hydrogen-bond acceptors (Lipinski definition) is 3. The number of carbonyl (C=O) groups excluding carboxylic acids is 1. The highest BCUT2D eigenvalue weighted by atomic mass is 19.4. The Hall–Kier alpha value is -1.76. The van der Waals surface area contributed by atoms with Crippen LogP contribution in [-0.4, -0.2) is 43.0 Å². The van der Waals surface area contributed by atoms with Crippen LogP contribution in [0.3, 0.4) is 0 Å². The lowest BCUT2D eigenvalue weighted by molar-refractivity contribution is -0.137. The van der Waals surface area contributed by atoms with Crippen molar-refractivity contribution in [2.75, 3.05) is 31.5 Å². The maximum atomic E-state index is 12.6. The van der Waals surface area contributed by atoms with Gasteiger partial charge in [-0.25, -0.2) is 0 Å². The fourth-order valence-electron chi connectivity index (χ4n) is 2.88. The number of piperidine rings is 1. The number of nitrogens with one attached hydrogen (secondary N) is 2. The molecule has 0 spiro atoms. The minimum absolute atomic E-state index is 0.0448. The SMILES string of the molecule is CC1CCCCN1CCNC(=O)CNc1cccc(C(F)(F)F)c1. The van der Waals surface area contributed by atoms with Crippen molar-refractivity contribution >= 4 is 11.6 Å². The van der Waals surface area contributed by atoms with E-state index >= 15 is 0 Å². The van der Waals surface area contributed by atoms with Gasteiger partial charge in [0, 0.05) is 24.8 Å². The number of amides is 1. The number of carbonyl (C=O) groups is 1. The van der Waals surface area contributed by atoms with E-state index in [1.165, 1.54) is 31.4 Å². The van der Waals surface area contributed by atoms with E-state index in [2.05, 4.69) is 22.5 Å². The van der Waals surface area contributed by atoms with Gasteiger partial charge in [0.2, 0.25) is 5.91 Å². The lowest BCUT2D eigenvalue weighted by Crippen LogP contribution is -2.43. The predicted octanol–water partition coefficient (Wildman–Crippen LogP) is 3.11. The molecule has 1 aromatic rings. The molecule has 0 saturated carbocycles. The lowest BCUT2D eigenvalue weighted by Gasteiger charge is -2.33. The summed E-state index contributed by atoms with van der Waals surface area (Å²) < 4.78 is 37.9. The Balaban J connectivity index is 1.71. The molecule has 1 saturated heterocycles. The molecular weight excluding hydrogens is 319 g/mol. The van der Waals surface area contributed by atoms with Gasteiger partial charge in [0.05, 0.1) is 12.1 Å². The van der Waals surface area contributed by atoms with Crippen LogP contribution in [0.4, 0.5) is 18.9 Å². The lowest BCUT2D eigenvalue weighted by atomic mass is 10.0. The van der Waals surface area contributed by atoms with Crippen molar-refractivity contribution in [3.05, 3.63) is 29.8 Å². The molecule has 24 heavy (non-hydrogen) atoms. The molecule has 0 aliphatic carbocycles. The Labute approximate surface area is 140 Å². The summed E-state index contributed by atoms with van der Waals surface area (Å²) in [5.41, 5.74) is -0.448. The first-order valence-corrected chi connectivity index (χ1v) is 8.28. The number of halogens is 3. The van der Waals surface area contributed by atoms with Gasteiger partial charge in [-0.3, -0.25) is 9.69 Å². The third kappa shape index (κ3) is 5.70. The smallest absolute Gasteiger partial charge is 0.376 e. The Kier molecular flexibility index (Phi) is 6.48. The minimum Gasteiger partial charge on any atom is -0.376 e. The van der Waals surface area contributed by atoms with Crippen molar-refractivity contribution in [2.45, 2.75) is 38.4 Å². The molecule has 4 nitrogen and oxygen atoms in total. The highest BCUT2D eigenvalue weighted by Gasteiger charge is 2.30. The fourth-order valence-corrected chi connectivity index (χ4v) is 2.88. The molecule has 134 valence electrons. The number of likely N-dealkylation sites (tertiary alicyclic amines) is 1. The van der Waals surface area contributed by atoms with Gasteiger partial charge in [-0.15, -0.1) is 0 Å². The number of rotatable bonds is 6. The second-order valence-electron chi connectivity index (χ2n) is 6.16. The molecule has 2 N–H and O–H groups in total. The monoisotopic (exact) mass is 343 g/mol. The van der Waals surface area contributed by atoms with Gasteiger partial charge >= 0.3 is 6.18 Å². The van der Waals surface area contributed by atoms with Gasteiger partial charge < -0.3 is 10.6 Å². The number of nitrogens with zero attached hydrogens (tertiary/aromatic N) is 1. The molecule has 1 atom stereocenters. The van der Waals surface area contributed by atoms with E-state index in [1.807, 2.05) is 0 Å². The van der Waals surface area contributed by atoms with Crippen LogP contribution in [0, 0.1) is 0 Å². The third-order valence-electron chi connectivity index (χ3n) is 4.30. The van der Waals surface area contributed by atoms with Gasteiger partial charge in [0.1, 0.15) is 0 Å². The Morgan fingerprint density at radius 2 is 2.12 bits per heavy atom. The molecule has 2 rings (SSSR count). The zero-order valence-corrected chi connectivity index (χ0v) is 13.8. The maximum Gasteiger partial charge on any atom is 0.416 e. The molecule has 1 fully saturated rings. The average Bonchev–Trinajstić information content (AvgIpc) is 2.54. The topological polar surface area (TPSA) is 44.4 Å². The maximum absolute atomic E-state index is 12.6. The van der Waals surface area contributed by atoms with E-state index in [-0.39, 0.29) is 18.1 Å². The molecule has 0 bridgehead atoms. The van der Waals surface area contributed by atoms with Gasteiger partial charge in [-0.05, 0) is 44.5 Å². The van der Waals surface area contributed by atoms with Crippen molar-refractivity contribution in [3.8, 4) is 0 Å². The number of alkyl halides is 3. The van der Waals surface area contributed by atoms with Gasteiger partial charge in [-0.2, -0.15) is 13.2 Å². The summed E-state index contributed by atoms with van der Waals surface area (Å²) in [6.45, 7) is 4.55. The van der Waals surface area contributed by atoms with Crippen molar-refractivity contribution in [3.63, 3.8) is 0 Å². The standard InChI is InChI=1S/C17H24F3N3O/c1-13-5-2-3-9-23(13)10-8-21-16(24)12-22-15-7-4-6-14(11-15)17(18,19)20/h4,6-7,11,13,22H,2-3,5,8-10,12H2,1H3,(H,21,24). The Morgan fingerprint density at radius 1 is 1.33 bits per heavy atom. The molecule has 7 heteroatoms. The van der Waals surface area contributed by atoms with Crippen LogP contribution in [0.5, 0.6) is 0 Å². The van der Waals surface area contributed by atoms with Crippen LogP contribution in [0.15, 0.2) is 24.3 Å². The number of anilines is 1. The van der Waals surface area contributed by atoms with Crippen LogP contribution < -0.4 is 10.6 Å². The summed E-state index contributed by atoms with van der Waals surface area (Å²) in [7, 11) is 0. The Morgan fingerprint density at radius 3 is 2.83 bits per heavy atom. The second kappa shape index (κ2) is 8.37. The first kappa shape index (κ1) is 18.6. The van der Waals surface area contributed by atoms with Gasteiger partial charge in [0.25, 0.3) is 0 Å². The normalized spacial score (nSPS) is 19.1. The van der Waals surface area contributed by atoms with Crippen LogP contribution in [0.25, 0.3) is 0 Å². The summed E-state index contributed by atoms with van der Waals surface area (Å²) >= 11 is 0. The van der Waals surface area contributed by atoms with Crippen molar-refractivity contribution in [1.82, 2.24) is 10.2 Å². The van der Waals surface area contributed by atoms with E-state index in [1.54, 1.807) is 0 Å². The molecule has 1 aliphatic rings. The number of hydrogen-bond donors (Lipinski definition) is 2. The first-order chi connectivity index (χ1) is 11.4. The van der Waals surface area contributed by atoms with Crippen LogP contribution in [0.2, 0.25) is 0 Å². The second-order valence-corrected chi connectivity index (χ2v) is 6.16. The van der Waals surface area contributed by atoms with E-state index in [0.717, 1.165) is 25.2 Å². The van der Waals surface area contributed by atoms with Gasteiger partial charge in [0.15, 0.2) is 0 Å². The van der Waals surface area contributed by atoms with Crippen LogP contribution >= 0.6 is 0 Å². The zero-order valence-electron chi connectivity index (χ0n) is 13.8. The third-order valence-corrected chi connectivity index (χ3v) is 4.30. The van der Waals surface area contributed by atoms with Crippen molar-refractivity contribution in [1.29, 1.82) is 0 Å². The summed E-state index contributed by atoms with van der Waals surface area (Å²) in [5, 5.41) is 5.53. The van der Waals surface area contributed by atoms with Crippen LogP contribution in [-0.2, 0) is 11.0 Å². The Bertz CT molecular complexity index is 548. The fraction of sp³-hybridized carbons (Fsp3) is 0.588. The highest BCUT2D eigenvalue weighted by molar-refractivity contribution is 5.80. The highest BCUT2D eigenvalue weighted by Crippen LogP contribution is 2.30. The summed E-state index contributed by atoms with van der Waals surface area (Å²) in [6.07, 6.45) is -0.754. The molecular formula is C17H24F3N3O. The van der Waals surface area contributed by atoms with Crippen molar-refractivity contribution in [2.24, 2.45) is 0 Å². The quantitative estimate of drug-likeness (QED) is 0.834. The minimum atomic E-state index is -4.38. The molecule has 0 radical (unpaired) electrons. The molecule has 1 aliphatic heterocycles. The summed E-state index contributed by atoms with van der Waals surface area (Å²) in [4.78, 5) is 14.2. The zero-order chi connectivity index (χ0) is 17.6. The molecule has 0 aromatic heterocycles. The molecule has 1 heterocycles. The van der Waals surface area contributed by atoms with E-state index in [9.17, 15) is 18.0 Å². The van der Waals surface area contributed by atoms with Gasteiger partial charge in [-0.1, -0.05) is 12.5 Å². The van der Waals surface area contributed by atoms with E-state index in [4.69, 9.17) is 0 Å². The molecule has 1 amide bonds. The molecule has 1 unspecified atom stereocenters. The number of benzene rings is 1. The van der Waals surface area contributed by atoms with Crippen molar-refractivity contribution < 1.29 is 18.0 Å². The molecule has 1 aromatic carbocycles. The van der Waals surface area contributed by atoms with Crippen LogP contribution in [0.1, 0.15) is 31.7 Å². The largest absolute Gasteiger partial charge is 0.416 e.